The minimum absolute atomic E-state index is 0.0244. The molecule has 0 unspecified atom stereocenters. The average Bonchev–Trinajstić information content (AvgIpc) is 2.43. The van der Waals surface area contributed by atoms with Gasteiger partial charge in [0.25, 0.3) is 5.91 Å². The third-order valence-electron chi connectivity index (χ3n) is 2.30. The van der Waals surface area contributed by atoms with Crippen LogP contribution in [0, 0.1) is 17.1 Å². The summed E-state index contributed by atoms with van der Waals surface area (Å²) < 4.78 is 13.4. The van der Waals surface area contributed by atoms with E-state index in [0.717, 1.165) is 6.07 Å². The third kappa shape index (κ3) is 3.06. The van der Waals surface area contributed by atoms with E-state index in [2.05, 4.69) is 10.3 Å². The number of hydrogen-bond donors (Lipinski definition) is 1. The molecule has 1 aromatic heterocycles. The van der Waals surface area contributed by atoms with Crippen molar-refractivity contribution in [3.8, 4) is 6.07 Å². The van der Waals surface area contributed by atoms with Crippen LogP contribution in [-0.2, 0) is 0 Å². The molecule has 1 amide bonds. The smallest absolute Gasteiger partial charge is 0.274 e. The molecule has 0 saturated carbocycles. The highest BCUT2D eigenvalue weighted by Crippen LogP contribution is 2.20. The van der Waals surface area contributed by atoms with E-state index in [1.165, 1.54) is 30.5 Å². The molecular formula is C13H7ClFN3O. The van der Waals surface area contributed by atoms with Crippen molar-refractivity contribution in [1.29, 1.82) is 5.26 Å². The van der Waals surface area contributed by atoms with Gasteiger partial charge in [-0.1, -0.05) is 11.6 Å². The summed E-state index contributed by atoms with van der Waals surface area (Å²) >= 11 is 5.72. The van der Waals surface area contributed by atoms with Crippen LogP contribution in [0.1, 0.15) is 16.1 Å². The molecule has 0 aliphatic heterocycles. The standard InChI is InChI=1S/C13H7ClFN3O/c14-9-2-3-10(15)12(5-9)18-13(19)11-4-1-8(6-16)7-17-11/h1-5,7H,(H,18,19). The van der Waals surface area contributed by atoms with E-state index < -0.39 is 11.7 Å². The highest BCUT2D eigenvalue weighted by atomic mass is 35.5. The van der Waals surface area contributed by atoms with Crippen LogP contribution in [0.3, 0.4) is 0 Å². The van der Waals surface area contributed by atoms with Gasteiger partial charge in [0.05, 0.1) is 11.3 Å². The van der Waals surface area contributed by atoms with Crippen molar-refractivity contribution in [2.75, 3.05) is 5.32 Å². The van der Waals surface area contributed by atoms with Crippen LogP contribution >= 0.6 is 11.6 Å². The Bertz CT molecular complexity index is 665. The van der Waals surface area contributed by atoms with Crippen LogP contribution in [0.15, 0.2) is 36.5 Å². The molecule has 19 heavy (non-hydrogen) atoms. The largest absolute Gasteiger partial charge is 0.318 e. The quantitative estimate of drug-likeness (QED) is 0.916. The molecule has 94 valence electrons. The van der Waals surface area contributed by atoms with Gasteiger partial charge >= 0.3 is 0 Å². The molecule has 0 bridgehead atoms. The van der Waals surface area contributed by atoms with Gasteiger partial charge in [-0.15, -0.1) is 0 Å². The van der Waals surface area contributed by atoms with Crippen molar-refractivity contribution >= 4 is 23.2 Å². The lowest BCUT2D eigenvalue weighted by Crippen LogP contribution is -2.14. The number of halogens is 2. The van der Waals surface area contributed by atoms with Gasteiger partial charge in [-0.25, -0.2) is 9.37 Å². The molecule has 1 heterocycles. The van der Waals surface area contributed by atoms with Crippen LogP contribution in [0.2, 0.25) is 5.02 Å². The first-order valence-corrected chi connectivity index (χ1v) is 5.60. The molecule has 4 nitrogen and oxygen atoms in total. The summed E-state index contributed by atoms with van der Waals surface area (Å²) in [7, 11) is 0. The lowest BCUT2D eigenvalue weighted by atomic mass is 10.2. The molecule has 0 aliphatic rings. The summed E-state index contributed by atoms with van der Waals surface area (Å²) in [5.74, 6) is -1.17. The molecule has 0 atom stereocenters. The van der Waals surface area contributed by atoms with Gasteiger partial charge in [-0.05, 0) is 30.3 Å². The number of rotatable bonds is 2. The second-order valence-electron chi connectivity index (χ2n) is 3.62. The number of benzene rings is 1. The topological polar surface area (TPSA) is 65.8 Å². The van der Waals surface area contributed by atoms with Crippen LogP contribution < -0.4 is 5.32 Å². The average molecular weight is 276 g/mol. The Morgan fingerprint density at radius 1 is 1.37 bits per heavy atom. The first kappa shape index (κ1) is 13.0. The highest BCUT2D eigenvalue weighted by molar-refractivity contribution is 6.31. The lowest BCUT2D eigenvalue weighted by molar-refractivity contribution is 0.102. The van der Waals surface area contributed by atoms with Gasteiger partial charge < -0.3 is 5.32 Å². The molecule has 6 heteroatoms. The zero-order valence-corrected chi connectivity index (χ0v) is 10.3. The van der Waals surface area contributed by atoms with Gasteiger partial charge in [0.1, 0.15) is 17.6 Å². The molecule has 0 radical (unpaired) electrons. The number of aromatic nitrogens is 1. The Hall–Kier alpha value is -2.45. The zero-order chi connectivity index (χ0) is 13.8. The van der Waals surface area contributed by atoms with E-state index in [1.54, 1.807) is 0 Å². The van der Waals surface area contributed by atoms with E-state index in [4.69, 9.17) is 16.9 Å². The molecule has 1 aromatic carbocycles. The Balaban J connectivity index is 2.21. The van der Waals surface area contributed by atoms with Gasteiger partial charge in [0, 0.05) is 11.2 Å². The van der Waals surface area contributed by atoms with Crippen LogP contribution in [0.4, 0.5) is 10.1 Å². The first-order chi connectivity index (χ1) is 9.10. The molecule has 0 aliphatic carbocycles. The summed E-state index contributed by atoms with van der Waals surface area (Å²) in [5.41, 5.74) is 0.396. The molecule has 0 spiro atoms. The highest BCUT2D eigenvalue weighted by Gasteiger charge is 2.11. The fraction of sp³-hybridized carbons (Fsp3) is 0. The maximum Gasteiger partial charge on any atom is 0.274 e. The molecular weight excluding hydrogens is 269 g/mol. The SMILES string of the molecule is N#Cc1ccc(C(=O)Nc2cc(Cl)ccc2F)nc1. The Labute approximate surface area is 113 Å². The maximum absolute atomic E-state index is 13.4. The number of nitrogens with zero attached hydrogens (tertiary/aromatic N) is 2. The summed E-state index contributed by atoms with van der Waals surface area (Å²) in [4.78, 5) is 15.6. The van der Waals surface area contributed by atoms with E-state index in [9.17, 15) is 9.18 Å². The van der Waals surface area contributed by atoms with Crippen molar-refractivity contribution in [1.82, 2.24) is 4.98 Å². The predicted octanol–water partition coefficient (Wildman–Crippen LogP) is 3.00. The van der Waals surface area contributed by atoms with Crippen molar-refractivity contribution in [3.63, 3.8) is 0 Å². The fourth-order valence-corrected chi connectivity index (χ4v) is 1.55. The monoisotopic (exact) mass is 275 g/mol. The molecule has 2 rings (SSSR count). The molecule has 2 aromatic rings. The molecule has 1 N–H and O–H groups in total. The van der Waals surface area contributed by atoms with E-state index in [-0.39, 0.29) is 11.4 Å². The minimum Gasteiger partial charge on any atom is -0.318 e. The Morgan fingerprint density at radius 3 is 2.79 bits per heavy atom. The van der Waals surface area contributed by atoms with Gasteiger partial charge in [0.15, 0.2) is 0 Å². The Morgan fingerprint density at radius 2 is 2.16 bits per heavy atom. The zero-order valence-electron chi connectivity index (χ0n) is 9.52. The van der Waals surface area contributed by atoms with Crippen LogP contribution in [0.5, 0.6) is 0 Å². The van der Waals surface area contributed by atoms with Crippen molar-refractivity contribution in [2.45, 2.75) is 0 Å². The van der Waals surface area contributed by atoms with Gasteiger partial charge in [-0.3, -0.25) is 4.79 Å². The number of hydrogen-bond acceptors (Lipinski definition) is 3. The van der Waals surface area contributed by atoms with Crippen LogP contribution in [0.25, 0.3) is 0 Å². The van der Waals surface area contributed by atoms with E-state index >= 15 is 0 Å². The molecule has 0 saturated heterocycles. The summed E-state index contributed by atoms with van der Waals surface area (Å²) in [6.07, 6.45) is 1.27. The number of carbonyl (C=O) groups is 1. The maximum atomic E-state index is 13.4. The van der Waals surface area contributed by atoms with E-state index in [0.29, 0.717) is 10.6 Å². The number of carbonyl (C=O) groups excluding carboxylic acids is 1. The second-order valence-corrected chi connectivity index (χ2v) is 4.06. The number of nitrogens with one attached hydrogen (secondary N) is 1. The predicted molar refractivity (Wildman–Crippen MR) is 68.3 cm³/mol. The fourth-order valence-electron chi connectivity index (χ4n) is 1.37. The Kier molecular flexibility index (Phi) is 3.74. The number of pyridine rings is 1. The van der Waals surface area contributed by atoms with Crippen molar-refractivity contribution < 1.29 is 9.18 Å². The lowest BCUT2D eigenvalue weighted by Gasteiger charge is -2.06. The molecule has 0 fully saturated rings. The third-order valence-corrected chi connectivity index (χ3v) is 2.54. The van der Waals surface area contributed by atoms with Crippen molar-refractivity contribution in [2.24, 2.45) is 0 Å². The van der Waals surface area contributed by atoms with Crippen molar-refractivity contribution in [3.05, 3.63) is 58.6 Å². The number of anilines is 1. The van der Waals surface area contributed by atoms with Crippen LogP contribution in [-0.4, -0.2) is 10.9 Å². The summed E-state index contributed by atoms with van der Waals surface area (Å²) in [6.45, 7) is 0. The summed E-state index contributed by atoms with van der Waals surface area (Å²) in [6, 6.07) is 8.57. The van der Waals surface area contributed by atoms with Gasteiger partial charge in [-0.2, -0.15) is 5.26 Å². The number of amides is 1. The number of nitriles is 1. The summed E-state index contributed by atoms with van der Waals surface area (Å²) in [5, 5.41) is 11.3. The minimum atomic E-state index is -0.591. The second kappa shape index (κ2) is 5.46. The first-order valence-electron chi connectivity index (χ1n) is 5.22. The van der Waals surface area contributed by atoms with Gasteiger partial charge in [0.2, 0.25) is 0 Å². The van der Waals surface area contributed by atoms with E-state index in [1.807, 2.05) is 6.07 Å². The normalized spacial score (nSPS) is 9.74.